The molecule has 0 heterocycles. The van der Waals surface area contributed by atoms with Gasteiger partial charge in [0.2, 0.25) is 0 Å². The van der Waals surface area contributed by atoms with Crippen molar-refractivity contribution in [3.05, 3.63) is 0 Å². The fraction of sp³-hybridized carbons (Fsp3) is 0.917. The molecule has 0 saturated heterocycles. The number of rotatable bonds is 5. The van der Waals surface area contributed by atoms with Gasteiger partial charge in [0.1, 0.15) is 0 Å². The molecule has 95 valence electrons. The number of hydrogen-bond acceptors (Lipinski definition) is 2. The highest BCUT2D eigenvalue weighted by Gasteiger charge is 2.35. The van der Waals surface area contributed by atoms with E-state index in [-0.39, 0.29) is 0 Å². The first-order valence-electron chi connectivity index (χ1n) is 5.69. The maximum absolute atomic E-state index is 12.0. The minimum atomic E-state index is -0.802. The Morgan fingerprint density at radius 3 is 2.00 bits per heavy atom. The molecule has 0 aliphatic heterocycles. The Hall–Kier alpha value is -0.610. The van der Waals surface area contributed by atoms with E-state index in [2.05, 4.69) is 0 Å². The summed E-state index contributed by atoms with van der Waals surface area (Å²) in [5.74, 6) is -1.20. The van der Waals surface area contributed by atoms with Gasteiger partial charge in [0.05, 0.1) is 5.92 Å². The van der Waals surface area contributed by atoms with E-state index in [9.17, 15) is 10.0 Å². The number of nitrogens with zero attached hydrogens (tertiary/aromatic N) is 1. The summed E-state index contributed by atoms with van der Waals surface area (Å²) >= 11 is 0. The van der Waals surface area contributed by atoms with Crippen molar-refractivity contribution in [3.63, 3.8) is 0 Å². The van der Waals surface area contributed by atoms with Crippen LogP contribution in [0.5, 0.6) is 0 Å². The van der Waals surface area contributed by atoms with E-state index in [0.29, 0.717) is 12.8 Å². The van der Waals surface area contributed by atoms with Crippen molar-refractivity contribution in [1.82, 2.24) is 5.06 Å². The molecule has 0 aliphatic rings. The van der Waals surface area contributed by atoms with Crippen LogP contribution in [0.25, 0.3) is 0 Å². The zero-order valence-corrected chi connectivity index (χ0v) is 11.2. The van der Waals surface area contributed by atoms with Crippen molar-refractivity contribution in [3.8, 4) is 0 Å². The fourth-order valence-electron chi connectivity index (χ4n) is 1.70. The topological polar surface area (TPSA) is 60.4 Å². The molecule has 1 atom stereocenters. The van der Waals surface area contributed by atoms with Gasteiger partial charge in [0.25, 0.3) is 0 Å². The third kappa shape index (κ3) is 4.49. The van der Waals surface area contributed by atoms with E-state index in [4.69, 9.17) is 5.11 Å². The van der Waals surface area contributed by atoms with Crippen molar-refractivity contribution < 1.29 is 15.1 Å². The fourth-order valence-corrected chi connectivity index (χ4v) is 1.70. The molecule has 4 heteroatoms. The summed E-state index contributed by atoms with van der Waals surface area (Å²) in [6, 6.07) is 0. The predicted molar refractivity (Wildman–Crippen MR) is 62.4 cm³/mol. The average molecular weight is 230 g/mol. The lowest BCUT2D eigenvalue weighted by molar-refractivity contribution is -0.268. The Balaban J connectivity index is 4.41. The lowest BCUT2D eigenvalue weighted by Gasteiger charge is -2.40. The highest BCUT2D eigenvalue weighted by molar-refractivity contribution is 5.69. The van der Waals surface area contributed by atoms with Crippen molar-refractivity contribution >= 4 is 5.97 Å². The largest absolute Gasteiger partial charge is 0.481 e. The lowest BCUT2D eigenvalue weighted by atomic mass is 9.90. The zero-order valence-electron chi connectivity index (χ0n) is 11.2. The summed E-state index contributed by atoms with van der Waals surface area (Å²) in [5, 5.41) is 21.9. The number of hydrogen-bond donors (Lipinski definition) is 1. The Bertz CT molecular complexity index is 243. The Labute approximate surface area is 98.2 Å². The van der Waals surface area contributed by atoms with Crippen molar-refractivity contribution in [2.24, 2.45) is 5.92 Å². The number of carbonyl (C=O) groups is 1. The van der Waals surface area contributed by atoms with E-state index in [1.165, 1.54) is 0 Å². The van der Waals surface area contributed by atoms with Crippen LogP contribution in [0.1, 0.15) is 54.4 Å². The van der Waals surface area contributed by atoms with E-state index in [1.54, 1.807) is 6.92 Å². The number of hydroxylamine groups is 2. The molecule has 0 aromatic carbocycles. The molecule has 0 saturated carbocycles. The molecule has 0 fully saturated rings. The predicted octanol–water partition coefficient (Wildman–Crippen LogP) is 2.71. The molecule has 0 amide bonds. The minimum Gasteiger partial charge on any atom is -0.481 e. The first kappa shape index (κ1) is 15.4. The highest BCUT2D eigenvalue weighted by Crippen LogP contribution is 2.28. The smallest absolute Gasteiger partial charge is 0.306 e. The summed E-state index contributed by atoms with van der Waals surface area (Å²) in [5.41, 5.74) is -0.974. The van der Waals surface area contributed by atoms with E-state index in [0.717, 1.165) is 5.06 Å². The quantitative estimate of drug-likeness (QED) is 0.739. The Kier molecular flexibility index (Phi) is 4.95. The minimum absolute atomic E-state index is 0.396. The van der Waals surface area contributed by atoms with Crippen LogP contribution in [0.3, 0.4) is 0 Å². The van der Waals surface area contributed by atoms with Crippen LogP contribution in [0.4, 0.5) is 0 Å². The number of aliphatic carboxylic acids is 1. The molecule has 1 unspecified atom stereocenters. The van der Waals surface area contributed by atoms with Crippen molar-refractivity contribution in [2.75, 3.05) is 0 Å². The molecule has 0 rings (SSSR count). The van der Waals surface area contributed by atoms with Crippen LogP contribution in [0, 0.1) is 5.92 Å². The molecule has 0 bridgehead atoms. The highest BCUT2D eigenvalue weighted by atomic mass is 16.5. The average Bonchev–Trinajstić information content (AvgIpc) is 2.11. The molecule has 16 heavy (non-hydrogen) atoms. The van der Waals surface area contributed by atoms with E-state index >= 15 is 0 Å². The van der Waals surface area contributed by atoms with Gasteiger partial charge >= 0.3 is 5.97 Å². The third-order valence-corrected chi connectivity index (χ3v) is 2.77. The SMILES string of the molecule is CC(CCC(C)(C)N([O])C(C)(C)C)C(=O)O. The van der Waals surface area contributed by atoms with Gasteiger partial charge in [-0.05, 0) is 47.5 Å². The van der Waals surface area contributed by atoms with Crippen molar-refractivity contribution in [1.29, 1.82) is 0 Å². The molecule has 1 N–H and O–H groups in total. The second kappa shape index (κ2) is 5.15. The summed E-state index contributed by atoms with van der Waals surface area (Å²) in [4.78, 5) is 10.7. The molecule has 0 aromatic rings. The maximum atomic E-state index is 12.0. The molecular weight excluding hydrogens is 206 g/mol. The van der Waals surface area contributed by atoms with Crippen LogP contribution in [0.2, 0.25) is 0 Å². The number of carboxylic acid groups (broad SMARTS) is 1. The summed E-state index contributed by atoms with van der Waals surface area (Å²) in [7, 11) is 0. The Morgan fingerprint density at radius 1 is 1.25 bits per heavy atom. The van der Waals surface area contributed by atoms with Gasteiger partial charge < -0.3 is 5.11 Å². The van der Waals surface area contributed by atoms with Crippen LogP contribution in [0.15, 0.2) is 0 Å². The summed E-state index contributed by atoms with van der Waals surface area (Å²) < 4.78 is 0. The van der Waals surface area contributed by atoms with Gasteiger partial charge in [-0.15, -0.1) is 10.3 Å². The molecule has 0 spiro atoms. The zero-order chi connectivity index (χ0) is 13.1. The van der Waals surface area contributed by atoms with Crippen molar-refractivity contribution in [2.45, 2.75) is 65.5 Å². The van der Waals surface area contributed by atoms with Crippen LogP contribution in [-0.2, 0) is 10.0 Å². The second-order valence-electron chi connectivity index (χ2n) is 6.06. The third-order valence-electron chi connectivity index (χ3n) is 2.77. The van der Waals surface area contributed by atoms with Crippen LogP contribution in [-0.4, -0.2) is 27.2 Å². The van der Waals surface area contributed by atoms with Gasteiger partial charge in [-0.1, -0.05) is 6.92 Å². The lowest BCUT2D eigenvalue weighted by Crippen LogP contribution is -2.51. The Morgan fingerprint density at radius 2 is 1.69 bits per heavy atom. The monoisotopic (exact) mass is 230 g/mol. The molecule has 0 aliphatic carbocycles. The molecular formula is C12H24NO3. The van der Waals surface area contributed by atoms with Gasteiger partial charge in [0, 0.05) is 11.1 Å². The number of carboxylic acids is 1. The van der Waals surface area contributed by atoms with E-state index in [1.807, 2.05) is 34.6 Å². The standard InChI is InChI=1S/C12H24NO3/c1-9(10(14)15)7-8-12(5,6)13(16)11(2,3)4/h9H,7-8H2,1-6H3,(H,14,15). The van der Waals surface area contributed by atoms with Gasteiger partial charge in [-0.2, -0.15) is 0 Å². The van der Waals surface area contributed by atoms with Gasteiger partial charge in [-0.25, -0.2) is 0 Å². The normalized spacial score (nSPS) is 15.2. The van der Waals surface area contributed by atoms with Crippen LogP contribution >= 0.6 is 0 Å². The summed E-state index contributed by atoms with van der Waals surface area (Å²) in [6.07, 6.45) is 1.11. The van der Waals surface area contributed by atoms with Gasteiger partial charge in [-0.3, -0.25) is 4.79 Å². The maximum Gasteiger partial charge on any atom is 0.306 e. The first-order valence-corrected chi connectivity index (χ1v) is 5.69. The second-order valence-corrected chi connectivity index (χ2v) is 6.06. The van der Waals surface area contributed by atoms with E-state index < -0.39 is 23.0 Å². The summed E-state index contributed by atoms with van der Waals surface area (Å²) in [6.45, 7) is 11.0. The van der Waals surface area contributed by atoms with Crippen LogP contribution < -0.4 is 0 Å². The first-order chi connectivity index (χ1) is 6.98. The molecule has 1 radical (unpaired) electrons. The molecule has 0 aromatic heterocycles. The van der Waals surface area contributed by atoms with Gasteiger partial charge in [0.15, 0.2) is 0 Å². The molecule has 4 nitrogen and oxygen atoms in total.